The largest absolute Gasteiger partial charge is 0.396 e. The van der Waals surface area contributed by atoms with E-state index in [0.717, 1.165) is 19.4 Å². The van der Waals surface area contributed by atoms with Crippen LogP contribution < -0.4 is 5.32 Å². The minimum Gasteiger partial charge on any atom is -0.396 e. The molecule has 0 radical (unpaired) electrons. The molecule has 0 heterocycles. The summed E-state index contributed by atoms with van der Waals surface area (Å²) < 4.78 is 0. The lowest BCUT2D eigenvalue weighted by Gasteiger charge is -2.07. The van der Waals surface area contributed by atoms with E-state index in [1.807, 2.05) is 0 Å². The van der Waals surface area contributed by atoms with E-state index in [-0.39, 0.29) is 12.5 Å². The Bertz CT molecular complexity index is 82.8. The van der Waals surface area contributed by atoms with E-state index in [4.69, 9.17) is 21.8 Å². The Hall–Kier alpha value is 0.170. The summed E-state index contributed by atoms with van der Waals surface area (Å²) in [5.74, 6) is 0.271. The average Bonchev–Trinajstić information content (AvgIpc) is 2.04. The second-order valence-corrected chi connectivity index (χ2v) is 2.75. The van der Waals surface area contributed by atoms with Gasteiger partial charge in [-0.05, 0) is 19.4 Å². The van der Waals surface area contributed by atoms with E-state index in [2.05, 4.69) is 5.32 Å². The molecule has 4 heteroatoms. The number of unbranched alkanes of at least 4 members (excludes halogenated alkanes) is 1. The SMILES string of the molecule is OCCCCNCC(O)CCl. The zero-order valence-corrected chi connectivity index (χ0v) is 7.35. The van der Waals surface area contributed by atoms with E-state index in [0.29, 0.717) is 6.54 Å². The Balaban J connectivity index is 2.89. The van der Waals surface area contributed by atoms with Gasteiger partial charge in [-0.2, -0.15) is 0 Å². The Morgan fingerprint density at radius 2 is 2.09 bits per heavy atom. The van der Waals surface area contributed by atoms with Gasteiger partial charge >= 0.3 is 0 Å². The first-order valence-electron chi connectivity index (χ1n) is 3.87. The van der Waals surface area contributed by atoms with Crippen molar-refractivity contribution in [3.05, 3.63) is 0 Å². The highest BCUT2D eigenvalue weighted by Gasteiger charge is 1.98. The first-order valence-corrected chi connectivity index (χ1v) is 4.40. The maximum atomic E-state index is 8.97. The Kier molecular flexibility index (Phi) is 8.40. The van der Waals surface area contributed by atoms with Gasteiger partial charge in [0.1, 0.15) is 0 Å². The van der Waals surface area contributed by atoms with Crippen LogP contribution in [0.1, 0.15) is 12.8 Å². The van der Waals surface area contributed by atoms with Crippen LogP contribution in [-0.4, -0.2) is 41.9 Å². The van der Waals surface area contributed by atoms with Crippen LogP contribution in [0.2, 0.25) is 0 Å². The number of rotatable bonds is 7. The second-order valence-electron chi connectivity index (χ2n) is 2.44. The van der Waals surface area contributed by atoms with Crippen molar-refractivity contribution in [1.29, 1.82) is 0 Å². The first-order chi connectivity index (χ1) is 5.31. The van der Waals surface area contributed by atoms with Gasteiger partial charge in [0.05, 0.1) is 6.10 Å². The quantitative estimate of drug-likeness (QED) is 0.381. The van der Waals surface area contributed by atoms with E-state index in [1.165, 1.54) is 0 Å². The van der Waals surface area contributed by atoms with Gasteiger partial charge in [0.2, 0.25) is 0 Å². The number of aliphatic hydroxyl groups excluding tert-OH is 2. The molecule has 0 aromatic rings. The summed E-state index contributed by atoms with van der Waals surface area (Å²) in [5.41, 5.74) is 0. The topological polar surface area (TPSA) is 52.5 Å². The van der Waals surface area contributed by atoms with Gasteiger partial charge < -0.3 is 15.5 Å². The monoisotopic (exact) mass is 181 g/mol. The molecule has 3 nitrogen and oxygen atoms in total. The summed E-state index contributed by atoms with van der Waals surface area (Å²) in [6, 6.07) is 0. The predicted molar refractivity (Wildman–Crippen MR) is 45.9 cm³/mol. The fourth-order valence-electron chi connectivity index (χ4n) is 0.685. The van der Waals surface area contributed by atoms with Crippen molar-refractivity contribution in [2.45, 2.75) is 18.9 Å². The molecule has 3 N–H and O–H groups in total. The maximum absolute atomic E-state index is 8.97. The van der Waals surface area contributed by atoms with Gasteiger partial charge in [-0.25, -0.2) is 0 Å². The smallest absolute Gasteiger partial charge is 0.0799 e. The number of hydrogen-bond donors (Lipinski definition) is 3. The average molecular weight is 182 g/mol. The lowest BCUT2D eigenvalue weighted by atomic mass is 10.3. The summed E-state index contributed by atoms with van der Waals surface area (Å²) >= 11 is 5.36. The van der Waals surface area contributed by atoms with Crippen LogP contribution >= 0.6 is 11.6 Å². The van der Waals surface area contributed by atoms with Crippen LogP contribution in [-0.2, 0) is 0 Å². The Morgan fingerprint density at radius 1 is 1.36 bits per heavy atom. The minimum absolute atomic E-state index is 0.236. The minimum atomic E-state index is -0.453. The molecule has 1 unspecified atom stereocenters. The third kappa shape index (κ3) is 8.07. The number of alkyl halides is 1. The summed E-state index contributed by atoms with van der Waals surface area (Å²) in [6.07, 6.45) is 1.29. The maximum Gasteiger partial charge on any atom is 0.0799 e. The van der Waals surface area contributed by atoms with Gasteiger partial charge in [0.15, 0.2) is 0 Å². The molecule has 0 aliphatic rings. The molecule has 0 aromatic carbocycles. The van der Waals surface area contributed by atoms with Crippen LogP contribution in [0.5, 0.6) is 0 Å². The van der Waals surface area contributed by atoms with E-state index in [9.17, 15) is 0 Å². The zero-order chi connectivity index (χ0) is 8.53. The fraction of sp³-hybridized carbons (Fsp3) is 1.00. The van der Waals surface area contributed by atoms with Crippen LogP contribution in [0.4, 0.5) is 0 Å². The molecular formula is C7H16ClNO2. The molecule has 0 spiro atoms. The molecule has 0 saturated heterocycles. The van der Waals surface area contributed by atoms with E-state index in [1.54, 1.807) is 0 Å². The Morgan fingerprint density at radius 3 is 2.64 bits per heavy atom. The summed E-state index contributed by atoms with van der Waals surface area (Å²) in [6.45, 7) is 1.60. The van der Waals surface area contributed by atoms with Gasteiger partial charge in [0, 0.05) is 19.0 Å². The number of nitrogens with one attached hydrogen (secondary N) is 1. The van der Waals surface area contributed by atoms with Crippen molar-refractivity contribution in [3.8, 4) is 0 Å². The third-order valence-corrected chi connectivity index (χ3v) is 1.68. The number of hydrogen-bond acceptors (Lipinski definition) is 3. The van der Waals surface area contributed by atoms with Gasteiger partial charge in [0.25, 0.3) is 0 Å². The standard InChI is InChI=1S/C7H16ClNO2/c8-5-7(11)6-9-3-1-2-4-10/h7,9-11H,1-6H2. The second kappa shape index (κ2) is 8.27. The summed E-state index contributed by atoms with van der Waals surface area (Å²) in [5, 5.41) is 20.4. The van der Waals surface area contributed by atoms with Crippen molar-refractivity contribution in [2.24, 2.45) is 0 Å². The van der Waals surface area contributed by atoms with Crippen LogP contribution in [0.25, 0.3) is 0 Å². The van der Waals surface area contributed by atoms with Gasteiger partial charge in [-0.3, -0.25) is 0 Å². The number of aliphatic hydroxyl groups is 2. The summed E-state index contributed by atoms with van der Waals surface area (Å²) in [4.78, 5) is 0. The van der Waals surface area contributed by atoms with Gasteiger partial charge in [-0.15, -0.1) is 11.6 Å². The molecule has 0 aliphatic carbocycles. The lowest BCUT2D eigenvalue weighted by Crippen LogP contribution is -2.28. The third-order valence-electron chi connectivity index (χ3n) is 1.32. The lowest BCUT2D eigenvalue weighted by molar-refractivity contribution is 0.194. The molecule has 68 valence electrons. The van der Waals surface area contributed by atoms with Crippen LogP contribution in [0, 0.1) is 0 Å². The van der Waals surface area contributed by atoms with Crippen LogP contribution in [0.3, 0.4) is 0 Å². The molecule has 0 saturated carbocycles. The molecule has 11 heavy (non-hydrogen) atoms. The first kappa shape index (κ1) is 11.2. The van der Waals surface area contributed by atoms with Crippen molar-refractivity contribution < 1.29 is 10.2 Å². The van der Waals surface area contributed by atoms with E-state index >= 15 is 0 Å². The highest BCUT2D eigenvalue weighted by atomic mass is 35.5. The molecule has 0 aromatic heterocycles. The molecule has 0 aliphatic heterocycles. The Labute approximate surface area is 72.4 Å². The van der Waals surface area contributed by atoms with Crippen LogP contribution in [0.15, 0.2) is 0 Å². The predicted octanol–water partition coefficient (Wildman–Crippen LogP) is -0.0518. The molecule has 0 amide bonds. The van der Waals surface area contributed by atoms with Gasteiger partial charge in [-0.1, -0.05) is 0 Å². The summed E-state index contributed by atoms with van der Waals surface area (Å²) in [7, 11) is 0. The van der Waals surface area contributed by atoms with Crippen molar-refractivity contribution in [2.75, 3.05) is 25.6 Å². The number of halogens is 1. The molecular weight excluding hydrogens is 166 g/mol. The molecule has 0 rings (SSSR count). The highest BCUT2D eigenvalue weighted by Crippen LogP contribution is 1.86. The highest BCUT2D eigenvalue weighted by molar-refractivity contribution is 6.18. The molecule has 1 atom stereocenters. The zero-order valence-electron chi connectivity index (χ0n) is 6.59. The normalized spacial score (nSPS) is 13.4. The molecule has 0 bridgehead atoms. The van der Waals surface area contributed by atoms with Crippen molar-refractivity contribution in [3.63, 3.8) is 0 Å². The molecule has 0 fully saturated rings. The van der Waals surface area contributed by atoms with Crippen molar-refractivity contribution >= 4 is 11.6 Å². The van der Waals surface area contributed by atoms with Crippen molar-refractivity contribution in [1.82, 2.24) is 5.32 Å². The van der Waals surface area contributed by atoms with E-state index < -0.39 is 6.10 Å². The fourth-order valence-corrected chi connectivity index (χ4v) is 0.794.